The van der Waals surface area contributed by atoms with E-state index in [1.165, 1.54) is 11.1 Å². The average molecular weight is 264 g/mol. The van der Waals surface area contributed by atoms with E-state index in [2.05, 4.69) is 59.0 Å². The van der Waals surface area contributed by atoms with E-state index in [1.54, 1.807) is 0 Å². The van der Waals surface area contributed by atoms with Gasteiger partial charge in [0.1, 0.15) is 0 Å². The minimum Gasteiger partial charge on any atom is -0.253 e. The maximum absolute atomic E-state index is 4.64. The van der Waals surface area contributed by atoms with Gasteiger partial charge in [-0.2, -0.15) is 0 Å². The number of halogens is 1. The maximum Gasteiger partial charge on any atom is 0.0706 e. The predicted octanol–water partition coefficient (Wildman–Crippen LogP) is 4.20. The summed E-state index contributed by atoms with van der Waals surface area (Å²) >= 11 is 3.46. The largest absolute Gasteiger partial charge is 0.253 e. The van der Waals surface area contributed by atoms with Crippen LogP contribution >= 0.6 is 15.9 Å². The summed E-state index contributed by atoms with van der Waals surface area (Å²) in [5, 5.41) is 1.19. The lowest BCUT2D eigenvalue weighted by molar-refractivity contribution is 0.637. The van der Waals surface area contributed by atoms with E-state index in [0.717, 1.165) is 16.4 Å². The Bertz CT molecular complexity index is 477. The Morgan fingerprint density at radius 2 is 2.00 bits per heavy atom. The number of benzene rings is 1. The lowest BCUT2D eigenvalue weighted by atomic mass is 10.1. The highest BCUT2D eigenvalue weighted by atomic mass is 79.9. The van der Waals surface area contributed by atoms with Crippen LogP contribution in [0.2, 0.25) is 0 Å². The molecule has 78 valence electrons. The Hall–Kier alpha value is -0.890. The molecule has 0 aliphatic rings. The van der Waals surface area contributed by atoms with Gasteiger partial charge in [-0.15, -0.1) is 0 Å². The quantitative estimate of drug-likeness (QED) is 0.792. The second-order valence-electron chi connectivity index (χ2n) is 4.24. The van der Waals surface area contributed by atoms with Crippen LogP contribution in [0.15, 0.2) is 34.8 Å². The van der Waals surface area contributed by atoms with Crippen molar-refractivity contribution in [2.24, 2.45) is 5.92 Å². The molecule has 0 aliphatic carbocycles. The fourth-order valence-electron chi connectivity index (χ4n) is 1.67. The van der Waals surface area contributed by atoms with Gasteiger partial charge in [0.05, 0.1) is 5.52 Å². The highest BCUT2D eigenvalue weighted by molar-refractivity contribution is 9.10. The number of pyridine rings is 1. The van der Waals surface area contributed by atoms with Crippen LogP contribution in [0.1, 0.15) is 19.5 Å². The van der Waals surface area contributed by atoms with Gasteiger partial charge < -0.3 is 0 Å². The topological polar surface area (TPSA) is 12.9 Å². The van der Waals surface area contributed by atoms with E-state index in [1.807, 2.05) is 6.07 Å². The molecule has 0 spiro atoms. The van der Waals surface area contributed by atoms with Crippen LogP contribution in [0, 0.1) is 5.92 Å². The second kappa shape index (κ2) is 4.31. The van der Waals surface area contributed by atoms with Crippen LogP contribution in [0.25, 0.3) is 10.9 Å². The van der Waals surface area contributed by atoms with Crippen LogP contribution in [0.3, 0.4) is 0 Å². The number of nitrogens with zero attached hydrogens (tertiary/aromatic N) is 1. The molecule has 0 saturated carbocycles. The first-order valence-corrected chi connectivity index (χ1v) is 5.99. The van der Waals surface area contributed by atoms with Gasteiger partial charge >= 0.3 is 0 Å². The van der Waals surface area contributed by atoms with Gasteiger partial charge in [-0.05, 0) is 36.6 Å². The summed E-state index contributed by atoms with van der Waals surface area (Å²) < 4.78 is 1.11. The number of hydrogen-bond acceptors (Lipinski definition) is 1. The van der Waals surface area contributed by atoms with E-state index in [0.29, 0.717) is 5.92 Å². The molecular formula is C13H14BrN. The van der Waals surface area contributed by atoms with Gasteiger partial charge in [0.15, 0.2) is 0 Å². The smallest absolute Gasteiger partial charge is 0.0706 e. The SMILES string of the molecule is CC(C)Cc1ccc2cc(Br)ccc2n1. The van der Waals surface area contributed by atoms with Gasteiger partial charge in [0.2, 0.25) is 0 Å². The molecule has 0 atom stereocenters. The fourth-order valence-corrected chi connectivity index (χ4v) is 2.05. The summed E-state index contributed by atoms with van der Waals surface area (Å²) in [7, 11) is 0. The first kappa shape index (κ1) is 10.6. The van der Waals surface area contributed by atoms with Crippen molar-refractivity contribution >= 4 is 26.8 Å². The van der Waals surface area contributed by atoms with Gasteiger partial charge in [0, 0.05) is 15.6 Å². The van der Waals surface area contributed by atoms with Crippen LogP contribution in [0.5, 0.6) is 0 Å². The van der Waals surface area contributed by atoms with Crippen LogP contribution in [-0.4, -0.2) is 4.98 Å². The first-order chi connectivity index (χ1) is 7.15. The number of hydrogen-bond donors (Lipinski definition) is 0. The van der Waals surface area contributed by atoms with Crippen molar-refractivity contribution in [3.63, 3.8) is 0 Å². The first-order valence-electron chi connectivity index (χ1n) is 5.20. The van der Waals surface area contributed by atoms with E-state index in [4.69, 9.17) is 0 Å². The highest BCUT2D eigenvalue weighted by Gasteiger charge is 2.01. The summed E-state index contributed by atoms with van der Waals surface area (Å²) in [4.78, 5) is 4.64. The molecule has 0 bridgehead atoms. The van der Waals surface area contributed by atoms with Crippen LogP contribution in [0.4, 0.5) is 0 Å². The predicted molar refractivity (Wildman–Crippen MR) is 68.0 cm³/mol. The fraction of sp³-hybridized carbons (Fsp3) is 0.308. The van der Waals surface area contributed by atoms with Crippen LogP contribution < -0.4 is 0 Å². The molecule has 0 unspecified atom stereocenters. The Balaban J connectivity index is 2.43. The minimum absolute atomic E-state index is 0.658. The molecule has 1 aromatic heterocycles. The lowest BCUT2D eigenvalue weighted by Crippen LogP contribution is -1.96. The van der Waals surface area contributed by atoms with Crippen molar-refractivity contribution in [3.8, 4) is 0 Å². The molecule has 2 rings (SSSR count). The van der Waals surface area contributed by atoms with E-state index >= 15 is 0 Å². The molecule has 2 heteroatoms. The molecule has 0 saturated heterocycles. The van der Waals surface area contributed by atoms with Crippen molar-refractivity contribution in [1.82, 2.24) is 4.98 Å². The molecule has 0 N–H and O–H groups in total. The molecule has 0 aliphatic heterocycles. The third-order valence-corrected chi connectivity index (χ3v) is 2.82. The van der Waals surface area contributed by atoms with E-state index < -0.39 is 0 Å². The summed E-state index contributed by atoms with van der Waals surface area (Å²) in [5.74, 6) is 0.658. The van der Waals surface area contributed by atoms with E-state index in [-0.39, 0.29) is 0 Å². The van der Waals surface area contributed by atoms with Gasteiger partial charge in [-0.25, -0.2) is 0 Å². The maximum atomic E-state index is 4.64. The Kier molecular flexibility index (Phi) is 3.06. The summed E-state index contributed by atoms with van der Waals surface area (Å²) in [6, 6.07) is 10.5. The molecule has 0 amide bonds. The highest BCUT2D eigenvalue weighted by Crippen LogP contribution is 2.19. The molecule has 1 heterocycles. The second-order valence-corrected chi connectivity index (χ2v) is 5.15. The number of rotatable bonds is 2. The zero-order valence-corrected chi connectivity index (χ0v) is 10.6. The van der Waals surface area contributed by atoms with Gasteiger partial charge in [0.25, 0.3) is 0 Å². The zero-order chi connectivity index (χ0) is 10.8. The Labute approximate surface area is 98.7 Å². The molecule has 15 heavy (non-hydrogen) atoms. The van der Waals surface area contributed by atoms with Crippen molar-refractivity contribution in [2.75, 3.05) is 0 Å². The molecule has 2 aromatic rings. The number of aromatic nitrogens is 1. The standard InChI is InChI=1S/C13H14BrN/c1-9(2)7-12-5-3-10-8-11(14)4-6-13(10)15-12/h3-6,8-9H,7H2,1-2H3. The zero-order valence-electron chi connectivity index (χ0n) is 9.00. The lowest BCUT2D eigenvalue weighted by Gasteiger charge is -2.05. The van der Waals surface area contributed by atoms with Crippen LogP contribution in [-0.2, 0) is 6.42 Å². The van der Waals surface area contributed by atoms with Crippen molar-refractivity contribution < 1.29 is 0 Å². The molecular weight excluding hydrogens is 250 g/mol. The normalized spacial score (nSPS) is 11.2. The Morgan fingerprint density at radius 3 is 2.73 bits per heavy atom. The molecule has 1 nitrogen and oxygen atoms in total. The van der Waals surface area contributed by atoms with Crippen molar-refractivity contribution in [2.45, 2.75) is 20.3 Å². The van der Waals surface area contributed by atoms with Crippen molar-refractivity contribution in [3.05, 3.63) is 40.5 Å². The molecule has 0 radical (unpaired) electrons. The Morgan fingerprint density at radius 1 is 1.20 bits per heavy atom. The average Bonchev–Trinajstić information content (AvgIpc) is 2.17. The van der Waals surface area contributed by atoms with Crippen molar-refractivity contribution in [1.29, 1.82) is 0 Å². The minimum atomic E-state index is 0.658. The monoisotopic (exact) mass is 263 g/mol. The molecule has 0 fully saturated rings. The van der Waals surface area contributed by atoms with E-state index in [9.17, 15) is 0 Å². The third-order valence-electron chi connectivity index (χ3n) is 2.33. The summed E-state index contributed by atoms with van der Waals surface area (Å²) in [6.07, 6.45) is 1.05. The van der Waals surface area contributed by atoms with Gasteiger partial charge in [-0.3, -0.25) is 4.98 Å². The van der Waals surface area contributed by atoms with Gasteiger partial charge in [-0.1, -0.05) is 35.8 Å². The summed E-state index contributed by atoms with van der Waals surface area (Å²) in [6.45, 7) is 4.43. The summed E-state index contributed by atoms with van der Waals surface area (Å²) in [5.41, 5.74) is 2.26. The molecule has 1 aromatic carbocycles. The third kappa shape index (κ3) is 2.57. The number of fused-ring (bicyclic) bond motifs is 1.